The molecule has 2 aliphatic rings. The Morgan fingerprint density at radius 2 is 1.78 bits per heavy atom. The maximum Gasteiger partial charge on any atom is 0.203 e. The Kier molecular flexibility index (Phi) is 7.58. The van der Waals surface area contributed by atoms with Gasteiger partial charge in [0.1, 0.15) is 0 Å². The molecule has 2 aromatic rings. The molecule has 0 amide bonds. The van der Waals surface area contributed by atoms with Crippen molar-refractivity contribution < 1.29 is 19.0 Å². The van der Waals surface area contributed by atoms with Crippen LogP contribution in [0.4, 0.5) is 0 Å². The van der Waals surface area contributed by atoms with Crippen molar-refractivity contribution in [3.63, 3.8) is 0 Å². The average molecular weight is 525 g/mol. The number of thioether (sulfide) groups is 1. The van der Waals surface area contributed by atoms with Gasteiger partial charge in [-0.2, -0.15) is 5.26 Å². The summed E-state index contributed by atoms with van der Waals surface area (Å²) in [5.74, 6) is 1.46. The molecule has 1 atom stereocenters. The normalized spacial score (nSPS) is 18.8. The Morgan fingerprint density at radius 1 is 1.11 bits per heavy atom. The van der Waals surface area contributed by atoms with Crippen LogP contribution in [0.1, 0.15) is 43.7 Å². The number of ether oxygens (including phenoxy) is 3. The number of carbonyl (C=O) groups excluding carboxylic acids is 1. The molecule has 0 saturated heterocycles. The van der Waals surface area contributed by atoms with Crippen LogP contribution in [0.2, 0.25) is 5.02 Å². The highest BCUT2D eigenvalue weighted by atomic mass is 35.5. The first kappa shape index (κ1) is 26.0. The van der Waals surface area contributed by atoms with Crippen molar-refractivity contribution in [2.75, 3.05) is 21.3 Å². The van der Waals surface area contributed by atoms with Crippen LogP contribution in [0, 0.1) is 16.7 Å². The highest BCUT2D eigenvalue weighted by Crippen LogP contribution is 2.50. The van der Waals surface area contributed by atoms with E-state index in [1.54, 1.807) is 21.3 Å². The monoisotopic (exact) mass is 524 g/mol. The first-order chi connectivity index (χ1) is 17.2. The van der Waals surface area contributed by atoms with Gasteiger partial charge < -0.3 is 19.5 Å². The second-order valence-electron chi connectivity index (χ2n) is 9.58. The summed E-state index contributed by atoms with van der Waals surface area (Å²) in [5, 5.41) is 15.2. The quantitative estimate of drug-likeness (QED) is 0.451. The molecule has 0 aromatic heterocycles. The van der Waals surface area contributed by atoms with E-state index in [2.05, 4.69) is 25.2 Å². The first-order valence-electron chi connectivity index (χ1n) is 11.6. The van der Waals surface area contributed by atoms with Crippen LogP contribution in [-0.2, 0) is 10.5 Å². The third-order valence-corrected chi connectivity index (χ3v) is 7.91. The third kappa shape index (κ3) is 4.93. The Labute approximate surface area is 221 Å². The number of ketones is 1. The zero-order valence-corrected chi connectivity index (χ0v) is 22.6. The van der Waals surface area contributed by atoms with Gasteiger partial charge in [0.05, 0.1) is 43.9 Å². The highest BCUT2D eigenvalue weighted by molar-refractivity contribution is 8.02. The van der Waals surface area contributed by atoms with E-state index >= 15 is 0 Å². The SMILES string of the molecule is COc1cc(C2C(C#N)=C(SCc3ccccc3Cl)NC3=C2C(=O)CC(C)(C)C3)cc(OC)c1OC. The number of methoxy groups -OCH3 is 3. The predicted octanol–water partition coefficient (Wildman–Crippen LogP) is 6.36. The van der Waals surface area contributed by atoms with Gasteiger partial charge in [0, 0.05) is 28.5 Å². The number of rotatable bonds is 7. The number of Topliss-reactive ketones (excluding diaryl/α,β-unsaturated/α-hetero) is 1. The number of halogens is 1. The van der Waals surface area contributed by atoms with Gasteiger partial charge in [0.25, 0.3) is 0 Å². The molecule has 0 fully saturated rings. The van der Waals surface area contributed by atoms with Crippen molar-refractivity contribution >= 4 is 29.1 Å². The Hall–Kier alpha value is -3.08. The Bertz CT molecular complexity index is 1280. The topological polar surface area (TPSA) is 80.6 Å². The van der Waals surface area contributed by atoms with Gasteiger partial charge in [-0.15, -0.1) is 11.8 Å². The van der Waals surface area contributed by atoms with E-state index in [4.69, 9.17) is 25.8 Å². The molecule has 8 heteroatoms. The van der Waals surface area contributed by atoms with Gasteiger partial charge in [0.15, 0.2) is 17.3 Å². The minimum Gasteiger partial charge on any atom is -0.493 e. The van der Waals surface area contributed by atoms with E-state index in [9.17, 15) is 10.1 Å². The van der Waals surface area contributed by atoms with E-state index in [0.717, 1.165) is 21.9 Å². The summed E-state index contributed by atoms with van der Waals surface area (Å²) in [6.45, 7) is 4.18. The Morgan fingerprint density at radius 3 is 2.36 bits per heavy atom. The highest BCUT2D eigenvalue weighted by Gasteiger charge is 2.42. The number of nitriles is 1. The zero-order valence-electron chi connectivity index (χ0n) is 21.0. The summed E-state index contributed by atoms with van der Waals surface area (Å²) in [7, 11) is 4.64. The molecule has 6 nitrogen and oxygen atoms in total. The first-order valence-corrected chi connectivity index (χ1v) is 12.9. The zero-order chi connectivity index (χ0) is 26.0. The number of dihydropyridines is 1. The van der Waals surface area contributed by atoms with Crippen molar-refractivity contribution in [2.45, 2.75) is 38.4 Å². The maximum absolute atomic E-state index is 13.5. The van der Waals surface area contributed by atoms with Crippen molar-refractivity contribution in [1.29, 1.82) is 5.26 Å². The lowest BCUT2D eigenvalue weighted by Gasteiger charge is -2.39. The lowest BCUT2D eigenvalue weighted by Crippen LogP contribution is -2.36. The van der Waals surface area contributed by atoms with Crippen LogP contribution < -0.4 is 19.5 Å². The van der Waals surface area contributed by atoms with Crippen molar-refractivity contribution in [3.8, 4) is 23.3 Å². The largest absolute Gasteiger partial charge is 0.493 e. The van der Waals surface area contributed by atoms with Crippen LogP contribution in [-0.4, -0.2) is 27.1 Å². The van der Waals surface area contributed by atoms with E-state index < -0.39 is 5.92 Å². The molecule has 4 rings (SSSR count). The van der Waals surface area contributed by atoms with Crippen LogP contribution in [0.15, 0.2) is 58.3 Å². The number of nitrogens with zero attached hydrogens (tertiary/aromatic N) is 1. The standard InChI is InChI=1S/C28H29ClN2O4S/c1-28(2)12-20-25(21(32)13-28)24(17-10-22(33-3)26(35-5)23(11-17)34-4)18(14-30)27(31-20)36-15-16-8-6-7-9-19(16)29/h6-11,24,31H,12-13,15H2,1-5H3. The molecule has 36 heavy (non-hydrogen) atoms. The number of carbonyl (C=O) groups is 1. The van der Waals surface area contributed by atoms with Crippen LogP contribution in [0.5, 0.6) is 17.2 Å². The predicted molar refractivity (Wildman–Crippen MR) is 142 cm³/mol. The molecule has 2 aromatic carbocycles. The molecule has 1 N–H and O–H groups in total. The van der Waals surface area contributed by atoms with E-state index in [1.807, 2.05) is 36.4 Å². The van der Waals surface area contributed by atoms with E-state index in [1.165, 1.54) is 11.8 Å². The van der Waals surface area contributed by atoms with Gasteiger partial charge in [-0.25, -0.2) is 0 Å². The summed E-state index contributed by atoms with van der Waals surface area (Å²) in [5.41, 5.74) is 3.48. The number of hydrogen-bond donors (Lipinski definition) is 1. The summed E-state index contributed by atoms with van der Waals surface area (Å²) in [6, 6.07) is 13.7. The fraction of sp³-hybridized carbons (Fsp3) is 0.357. The van der Waals surface area contributed by atoms with Gasteiger partial charge in [-0.3, -0.25) is 4.79 Å². The number of nitrogens with one attached hydrogen (secondary N) is 1. The van der Waals surface area contributed by atoms with Crippen molar-refractivity contribution in [3.05, 3.63) is 74.4 Å². The number of allylic oxidation sites excluding steroid dienone is 3. The number of benzene rings is 2. The third-order valence-electron chi connectivity index (χ3n) is 6.48. The minimum atomic E-state index is -0.558. The maximum atomic E-state index is 13.5. The summed E-state index contributed by atoms with van der Waals surface area (Å²) >= 11 is 7.90. The van der Waals surface area contributed by atoms with Gasteiger partial charge in [-0.1, -0.05) is 43.6 Å². The Balaban J connectivity index is 1.87. The second kappa shape index (κ2) is 10.5. The van der Waals surface area contributed by atoms with Crippen LogP contribution >= 0.6 is 23.4 Å². The molecule has 1 aliphatic carbocycles. The molecule has 1 heterocycles. The van der Waals surface area contributed by atoms with Gasteiger partial charge in [0.2, 0.25) is 5.75 Å². The lowest BCUT2D eigenvalue weighted by atomic mass is 9.69. The second-order valence-corrected chi connectivity index (χ2v) is 11.0. The molecule has 188 valence electrons. The molecule has 0 bridgehead atoms. The smallest absolute Gasteiger partial charge is 0.203 e. The van der Waals surface area contributed by atoms with Gasteiger partial charge >= 0.3 is 0 Å². The molecule has 1 aliphatic heterocycles. The lowest BCUT2D eigenvalue weighted by molar-refractivity contribution is -0.118. The van der Waals surface area contributed by atoms with Crippen LogP contribution in [0.25, 0.3) is 0 Å². The summed E-state index contributed by atoms with van der Waals surface area (Å²) < 4.78 is 16.7. The molecular weight excluding hydrogens is 496 g/mol. The molecular formula is C28H29ClN2O4S. The van der Waals surface area contributed by atoms with E-state index in [0.29, 0.717) is 52.0 Å². The molecule has 0 radical (unpaired) electrons. The van der Waals surface area contributed by atoms with Gasteiger partial charge in [-0.05, 0) is 41.2 Å². The number of hydrogen-bond acceptors (Lipinski definition) is 7. The molecule has 0 saturated carbocycles. The summed E-state index contributed by atoms with van der Waals surface area (Å²) in [6.07, 6.45) is 1.11. The minimum absolute atomic E-state index is 0.0374. The molecule has 1 unspecified atom stereocenters. The molecule has 0 spiro atoms. The van der Waals surface area contributed by atoms with Crippen LogP contribution in [0.3, 0.4) is 0 Å². The fourth-order valence-electron chi connectivity index (χ4n) is 4.86. The van der Waals surface area contributed by atoms with Crippen molar-refractivity contribution in [1.82, 2.24) is 5.32 Å². The van der Waals surface area contributed by atoms with E-state index in [-0.39, 0.29) is 11.2 Å². The average Bonchev–Trinajstić information content (AvgIpc) is 2.85. The van der Waals surface area contributed by atoms with Crippen molar-refractivity contribution in [2.24, 2.45) is 5.41 Å². The fourth-order valence-corrected chi connectivity index (χ4v) is 6.20. The summed E-state index contributed by atoms with van der Waals surface area (Å²) in [4.78, 5) is 13.5.